The van der Waals surface area contributed by atoms with E-state index in [1.807, 2.05) is 13.8 Å². The van der Waals surface area contributed by atoms with Crippen molar-refractivity contribution in [1.29, 1.82) is 5.41 Å². The molecule has 0 aliphatic heterocycles. The monoisotopic (exact) mass is 416 g/mol. The van der Waals surface area contributed by atoms with Crippen LogP contribution in [0.4, 0.5) is 16.3 Å². The first-order valence-corrected chi connectivity index (χ1v) is 9.42. The third kappa shape index (κ3) is 6.18. The van der Waals surface area contributed by atoms with Gasteiger partial charge in [0, 0.05) is 35.3 Å². The molecule has 0 saturated carbocycles. The molecule has 0 atom stereocenters. The molecule has 29 heavy (non-hydrogen) atoms. The van der Waals surface area contributed by atoms with E-state index in [4.69, 9.17) is 21.8 Å². The summed E-state index contributed by atoms with van der Waals surface area (Å²) in [6.07, 6.45) is 1.70. The Morgan fingerprint density at radius 1 is 1.34 bits per heavy atom. The van der Waals surface area contributed by atoms with Gasteiger partial charge in [0.1, 0.15) is 11.0 Å². The highest BCUT2D eigenvalue weighted by Crippen LogP contribution is 2.29. The number of pyridine rings is 2. The molecule has 154 valence electrons. The van der Waals surface area contributed by atoms with E-state index in [-0.39, 0.29) is 17.0 Å². The van der Waals surface area contributed by atoms with Crippen LogP contribution in [0.25, 0.3) is 0 Å². The summed E-state index contributed by atoms with van der Waals surface area (Å²) in [6.45, 7) is 11.7. The van der Waals surface area contributed by atoms with Crippen LogP contribution in [0.1, 0.15) is 43.5 Å². The molecule has 0 aromatic carbocycles. The van der Waals surface area contributed by atoms with Gasteiger partial charge >= 0.3 is 6.03 Å². The van der Waals surface area contributed by atoms with Crippen LogP contribution in [-0.4, -0.2) is 28.3 Å². The maximum Gasteiger partial charge on any atom is 0.352 e. The third-order valence-electron chi connectivity index (χ3n) is 3.87. The van der Waals surface area contributed by atoms with Crippen molar-refractivity contribution in [3.63, 3.8) is 0 Å². The van der Waals surface area contributed by atoms with Crippen molar-refractivity contribution in [2.75, 3.05) is 17.2 Å². The van der Waals surface area contributed by atoms with Crippen molar-refractivity contribution in [3.05, 3.63) is 52.8 Å². The lowest BCUT2D eigenvalue weighted by Gasteiger charge is -2.18. The average Bonchev–Trinajstić information content (AvgIpc) is 2.62. The Balaban J connectivity index is 2.20. The zero-order chi connectivity index (χ0) is 21.6. The van der Waals surface area contributed by atoms with Crippen LogP contribution in [0.3, 0.4) is 0 Å². The van der Waals surface area contributed by atoms with E-state index in [1.54, 1.807) is 32.1 Å². The second-order valence-corrected chi connectivity index (χ2v) is 7.09. The molecule has 0 aliphatic carbocycles. The van der Waals surface area contributed by atoms with Gasteiger partial charge in [-0.3, -0.25) is 0 Å². The Morgan fingerprint density at radius 2 is 2.07 bits per heavy atom. The molecule has 2 heterocycles. The Labute approximate surface area is 175 Å². The van der Waals surface area contributed by atoms with Gasteiger partial charge in [0.15, 0.2) is 0 Å². The van der Waals surface area contributed by atoms with E-state index < -0.39 is 6.03 Å². The quantitative estimate of drug-likeness (QED) is 0.216. The van der Waals surface area contributed by atoms with Crippen molar-refractivity contribution in [2.24, 2.45) is 0 Å². The first kappa shape index (κ1) is 22.2. The fourth-order valence-electron chi connectivity index (χ4n) is 2.69. The zero-order valence-corrected chi connectivity index (χ0v) is 17.6. The van der Waals surface area contributed by atoms with Crippen LogP contribution in [0.15, 0.2) is 30.9 Å². The van der Waals surface area contributed by atoms with Gasteiger partial charge in [0.2, 0.25) is 5.88 Å². The highest BCUT2D eigenvalue weighted by atomic mass is 35.5. The summed E-state index contributed by atoms with van der Waals surface area (Å²) in [5, 5.41) is 14.1. The molecule has 0 spiro atoms. The van der Waals surface area contributed by atoms with Gasteiger partial charge in [0.05, 0.1) is 0 Å². The second-order valence-electron chi connectivity index (χ2n) is 6.70. The predicted molar refractivity (Wildman–Crippen MR) is 116 cm³/mol. The van der Waals surface area contributed by atoms with Crippen molar-refractivity contribution in [1.82, 2.24) is 15.4 Å². The van der Waals surface area contributed by atoms with Crippen molar-refractivity contribution in [2.45, 2.75) is 33.6 Å². The van der Waals surface area contributed by atoms with E-state index in [0.29, 0.717) is 35.0 Å². The number of nitrogens with zero attached hydrogens (tertiary/aromatic N) is 2. The molecule has 0 unspecified atom stereocenters. The Bertz CT molecular complexity index is 909. The van der Waals surface area contributed by atoms with E-state index in [2.05, 4.69) is 32.7 Å². The molecule has 9 heteroatoms. The summed E-state index contributed by atoms with van der Waals surface area (Å²) in [5.41, 5.74) is 5.44. The summed E-state index contributed by atoms with van der Waals surface area (Å²) < 4.78 is 0. The number of nitrogens with one attached hydrogen (secondary N) is 4. The summed E-state index contributed by atoms with van der Waals surface area (Å²) in [7, 11) is 0. The van der Waals surface area contributed by atoms with E-state index >= 15 is 0 Å². The number of aromatic nitrogens is 2. The molecule has 2 rings (SSSR count). The minimum Gasteiger partial charge on any atom is -0.366 e. The van der Waals surface area contributed by atoms with Crippen LogP contribution in [0.5, 0.6) is 5.88 Å². The highest BCUT2D eigenvalue weighted by Gasteiger charge is 2.18. The number of urea groups is 1. The maximum absolute atomic E-state index is 12.2. The lowest BCUT2D eigenvalue weighted by atomic mass is 9.95. The van der Waals surface area contributed by atoms with Crippen molar-refractivity contribution >= 4 is 34.8 Å². The number of carbonyl (C=O) groups is 1. The molecular weight excluding hydrogens is 392 g/mol. The van der Waals surface area contributed by atoms with Gasteiger partial charge in [-0.05, 0) is 37.5 Å². The SMILES string of the molecule is C=CCNc1nc(ONC(=O)Nc2cc(C)nc(Cl)c2)cc(C(C)C)c1C(C)=N. The van der Waals surface area contributed by atoms with E-state index in [1.165, 1.54) is 6.07 Å². The smallest absolute Gasteiger partial charge is 0.352 e. The number of hydroxylamine groups is 1. The van der Waals surface area contributed by atoms with Crippen LogP contribution >= 0.6 is 11.6 Å². The summed E-state index contributed by atoms with van der Waals surface area (Å²) in [5.74, 6) is 0.817. The predicted octanol–water partition coefficient (Wildman–Crippen LogP) is 4.66. The highest BCUT2D eigenvalue weighted by molar-refractivity contribution is 6.29. The number of amides is 2. The van der Waals surface area contributed by atoms with E-state index in [9.17, 15) is 4.79 Å². The van der Waals surface area contributed by atoms with Gasteiger partial charge in [-0.1, -0.05) is 31.5 Å². The Morgan fingerprint density at radius 3 is 2.66 bits per heavy atom. The van der Waals surface area contributed by atoms with Gasteiger partial charge in [0.25, 0.3) is 0 Å². The maximum atomic E-state index is 12.2. The number of carbonyl (C=O) groups excluding carboxylic acids is 1. The topological polar surface area (TPSA) is 112 Å². The zero-order valence-electron chi connectivity index (χ0n) is 16.9. The molecule has 8 nitrogen and oxygen atoms in total. The first-order chi connectivity index (χ1) is 13.7. The van der Waals surface area contributed by atoms with Crippen molar-refractivity contribution in [3.8, 4) is 5.88 Å². The number of rotatable bonds is 8. The van der Waals surface area contributed by atoms with E-state index in [0.717, 1.165) is 5.56 Å². The molecule has 0 fully saturated rings. The molecule has 4 N–H and O–H groups in total. The van der Waals surface area contributed by atoms with Crippen LogP contribution < -0.4 is 21.0 Å². The van der Waals surface area contributed by atoms with Crippen LogP contribution in [0, 0.1) is 12.3 Å². The fourth-order valence-corrected chi connectivity index (χ4v) is 2.95. The molecule has 0 aliphatic rings. The lowest BCUT2D eigenvalue weighted by Crippen LogP contribution is -2.32. The number of hydrogen-bond acceptors (Lipinski definition) is 6. The Kier molecular flexibility index (Phi) is 7.55. The van der Waals surface area contributed by atoms with Gasteiger partial charge in [-0.15, -0.1) is 6.58 Å². The first-order valence-electron chi connectivity index (χ1n) is 9.04. The standard InChI is InChI=1S/C20H25ClN6O2/c1-6-7-23-19-18(13(5)22)15(11(2)3)10-17(26-19)29-27-20(28)25-14-8-12(4)24-16(21)9-14/h6,8-11,22H,1,7H2,2-5H3,(H,23,26)(H2,24,25,27,28). The van der Waals surface area contributed by atoms with Crippen LogP contribution in [-0.2, 0) is 0 Å². The number of halogens is 1. The van der Waals surface area contributed by atoms with Gasteiger partial charge < -0.3 is 20.9 Å². The average molecular weight is 417 g/mol. The molecular formula is C20H25ClN6O2. The number of hydrogen-bond donors (Lipinski definition) is 4. The summed E-state index contributed by atoms with van der Waals surface area (Å²) >= 11 is 5.90. The molecule has 0 saturated heterocycles. The summed E-state index contributed by atoms with van der Waals surface area (Å²) in [4.78, 5) is 26.0. The minimum absolute atomic E-state index is 0.121. The Hall–Kier alpha value is -3.13. The van der Waals surface area contributed by atoms with Gasteiger partial charge in [-0.2, -0.15) is 10.5 Å². The second kappa shape index (κ2) is 9.88. The third-order valence-corrected chi connectivity index (χ3v) is 4.06. The summed E-state index contributed by atoms with van der Waals surface area (Å²) in [6, 6.07) is 4.33. The molecule has 0 bridgehead atoms. The molecule has 2 aromatic rings. The lowest BCUT2D eigenvalue weighted by molar-refractivity contribution is 0.184. The molecule has 0 radical (unpaired) electrons. The number of aryl methyl sites for hydroxylation is 1. The largest absolute Gasteiger partial charge is 0.366 e. The normalized spacial score (nSPS) is 10.4. The van der Waals surface area contributed by atoms with Crippen molar-refractivity contribution < 1.29 is 9.63 Å². The van der Waals surface area contributed by atoms with Gasteiger partial charge in [-0.25, -0.2) is 9.78 Å². The molecule has 2 amide bonds. The minimum atomic E-state index is -0.590. The fraction of sp³-hybridized carbons (Fsp3) is 0.300. The number of anilines is 2. The molecule has 2 aromatic heterocycles. The van der Waals surface area contributed by atoms with Crippen LogP contribution in [0.2, 0.25) is 5.15 Å².